The van der Waals surface area contributed by atoms with Crippen molar-refractivity contribution in [1.82, 2.24) is 0 Å². The third-order valence-corrected chi connectivity index (χ3v) is 4.59. The SMILES string of the molecule is C[C@H](c1ccccc1)[C@H](CC(=O)O)C(=O)Nc1ccc(Cl)c(Cl)c1. The molecule has 0 radical (unpaired) electrons. The first-order chi connectivity index (χ1) is 11.4. The van der Waals surface area contributed by atoms with Crippen LogP contribution in [0.3, 0.4) is 0 Å². The van der Waals surface area contributed by atoms with Crippen LogP contribution in [0, 0.1) is 5.92 Å². The Labute approximate surface area is 150 Å². The molecule has 0 bridgehead atoms. The van der Waals surface area contributed by atoms with E-state index in [2.05, 4.69) is 5.32 Å². The molecule has 2 N–H and O–H groups in total. The summed E-state index contributed by atoms with van der Waals surface area (Å²) in [5.74, 6) is -2.34. The van der Waals surface area contributed by atoms with Crippen LogP contribution >= 0.6 is 23.2 Å². The molecule has 2 aromatic rings. The molecular formula is C18H17Cl2NO3. The van der Waals surface area contributed by atoms with E-state index in [1.54, 1.807) is 12.1 Å². The van der Waals surface area contributed by atoms with Crippen molar-refractivity contribution in [3.05, 3.63) is 64.1 Å². The van der Waals surface area contributed by atoms with E-state index >= 15 is 0 Å². The normalized spacial score (nSPS) is 13.1. The van der Waals surface area contributed by atoms with Gasteiger partial charge in [-0.25, -0.2) is 0 Å². The standard InChI is InChI=1S/C18H17Cl2NO3/c1-11(12-5-3-2-4-6-12)14(10-17(22)23)18(24)21-13-7-8-15(19)16(20)9-13/h2-9,11,14H,10H2,1H3,(H,21,24)(H,22,23)/t11-,14+/m1/s1. The highest BCUT2D eigenvalue weighted by atomic mass is 35.5. The van der Waals surface area contributed by atoms with Gasteiger partial charge in [-0.1, -0.05) is 60.5 Å². The minimum atomic E-state index is -1.02. The summed E-state index contributed by atoms with van der Waals surface area (Å²) >= 11 is 11.8. The van der Waals surface area contributed by atoms with Gasteiger partial charge in [0.15, 0.2) is 0 Å². The van der Waals surface area contributed by atoms with Gasteiger partial charge in [0.2, 0.25) is 5.91 Å². The number of amides is 1. The van der Waals surface area contributed by atoms with E-state index in [0.717, 1.165) is 5.56 Å². The molecule has 0 aliphatic heterocycles. The Hall–Kier alpha value is -2.04. The van der Waals surface area contributed by atoms with E-state index in [4.69, 9.17) is 28.3 Å². The van der Waals surface area contributed by atoms with Crippen LogP contribution in [0.1, 0.15) is 24.8 Å². The molecule has 2 aromatic carbocycles. The highest BCUT2D eigenvalue weighted by Gasteiger charge is 2.28. The molecule has 0 spiro atoms. The second kappa shape index (κ2) is 8.18. The lowest BCUT2D eigenvalue weighted by Crippen LogP contribution is -2.29. The third-order valence-electron chi connectivity index (χ3n) is 3.85. The second-order valence-corrected chi connectivity index (χ2v) is 6.34. The van der Waals surface area contributed by atoms with Crippen molar-refractivity contribution in [3.63, 3.8) is 0 Å². The van der Waals surface area contributed by atoms with Gasteiger partial charge in [0.25, 0.3) is 0 Å². The Kier molecular flexibility index (Phi) is 6.23. The van der Waals surface area contributed by atoms with E-state index < -0.39 is 11.9 Å². The Morgan fingerprint density at radius 3 is 2.33 bits per heavy atom. The number of hydrogen-bond acceptors (Lipinski definition) is 2. The van der Waals surface area contributed by atoms with Crippen molar-refractivity contribution >= 4 is 40.8 Å². The van der Waals surface area contributed by atoms with Gasteiger partial charge >= 0.3 is 5.97 Å². The molecule has 6 heteroatoms. The van der Waals surface area contributed by atoms with Crippen molar-refractivity contribution in [2.75, 3.05) is 5.32 Å². The fraction of sp³-hybridized carbons (Fsp3) is 0.222. The fourth-order valence-electron chi connectivity index (χ4n) is 2.48. The minimum Gasteiger partial charge on any atom is -0.481 e. The summed E-state index contributed by atoms with van der Waals surface area (Å²) in [6.45, 7) is 1.84. The van der Waals surface area contributed by atoms with Crippen molar-refractivity contribution < 1.29 is 14.7 Å². The summed E-state index contributed by atoms with van der Waals surface area (Å²) in [5.41, 5.74) is 1.39. The van der Waals surface area contributed by atoms with Gasteiger partial charge in [0.1, 0.15) is 0 Å². The maximum Gasteiger partial charge on any atom is 0.304 e. The maximum atomic E-state index is 12.6. The zero-order chi connectivity index (χ0) is 17.7. The summed E-state index contributed by atoms with van der Waals surface area (Å²) < 4.78 is 0. The predicted octanol–water partition coefficient (Wildman–Crippen LogP) is 4.83. The quantitative estimate of drug-likeness (QED) is 0.770. The number of carbonyl (C=O) groups is 2. The lowest BCUT2D eigenvalue weighted by atomic mass is 9.84. The average molecular weight is 366 g/mol. The van der Waals surface area contributed by atoms with E-state index in [0.29, 0.717) is 15.7 Å². The van der Waals surface area contributed by atoms with Crippen LogP contribution < -0.4 is 5.32 Å². The largest absolute Gasteiger partial charge is 0.481 e. The van der Waals surface area contributed by atoms with Crippen LogP contribution in [0.4, 0.5) is 5.69 Å². The number of carbonyl (C=O) groups excluding carboxylic acids is 1. The number of halogens is 2. The van der Waals surface area contributed by atoms with E-state index in [-0.39, 0.29) is 18.2 Å². The van der Waals surface area contributed by atoms with E-state index in [9.17, 15) is 9.59 Å². The monoisotopic (exact) mass is 365 g/mol. The summed E-state index contributed by atoms with van der Waals surface area (Å²) in [4.78, 5) is 23.8. The molecule has 0 heterocycles. The van der Waals surface area contributed by atoms with Crippen molar-refractivity contribution in [2.24, 2.45) is 5.92 Å². The fourth-order valence-corrected chi connectivity index (χ4v) is 2.78. The molecule has 2 atom stereocenters. The molecule has 126 valence electrons. The molecule has 0 unspecified atom stereocenters. The number of hydrogen-bond donors (Lipinski definition) is 2. The van der Waals surface area contributed by atoms with Crippen LogP contribution in [0.15, 0.2) is 48.5 Å². The van der Waals surface area contributed by atoms with Gasteiger partial charge in [0, 0.05) is 5.69 Å². The van der Waals surface area contributed by atoms with Crippen molar-refractivity contribution in [3.8, 4) is 0 Å². The topological polar surface area (TPSA) is 66.4 Å². The zero-order valence-electron chi connectivity index (χ0n) is 13.0. The number of nitrogens with one attached hydrogen (secondary N) is 1. The number of benzene rings is 2. The number of anilines is 1. The summed E-state index contributed by atoms with van der Waals surface area (Å²) in [5, 5.41) is 12.6. The highest BCUT2D eigenvalue weighted by molar-refractivity contribution is 6.42. The first kappa shape index (κ1) is 18.3. The van der Waals surface area contributed by atoms with Crippen LogP contribution in [-0.4, -0.2) is 17.0 Å². The lowest BCUT2D eigenvalue weighted by molar-refractivity contribution is -0.140. The van der Waals surface area contributed by atoms with Crippen LogP contribution in [0.2, 0.25) is 10.0 Å². The Bertz CT molecular complexity index is 734. The molecule has 0 aromatic heterocycles. The number of aliphatic carboxylic acids is 1. The predicted molar refractivity (Wildman–Crippen MR) is 95.7 cm³/mol. The summed E-state index contributed by atoms with van der Waals surface area (Å²) in [6.07, 6.45) is -0.261. The molecule has 0 saturated heterocycles. The molecule has 0 fully saturated rings. The Morgan fingerprint density at radius 1 is 1.08 bits per heavy atom. The number of carboxylic acid groups (broad SMARTS) is 1. The number of carboxylic acids is 1. The molecule has 24 heavy (non-hydrogen) atoms. The molecule has 0 saturated carbocycles. The minimum absolute atomic E-state index is 0.245. The molecule has 1 amide bonds. The third kappa shape index (κ3) is 4.73. The van der Waals surface area contributed by atoms with Gasteiger partial charge < -0.3 is 10.4 Å². The first-order valence-electron chi connectivity index (χ1n) is 7.41. The van der Waals surface area contributed by atoms with Gasteiger partial charge in [-0.05, 0) is 29.7 Å². The highest BCUT2D eigenvalue weighted by Crippen LogP contribution is 2.29. The lowest BCUT2D eigenvalue weighted by Gasteiger charge is -2.22. The second-order valence-electron chi connectivity index (χ2n) is 5.52. The summed E-state index contributed by atoms with van der Waals surface area (Å²) in [7, 11) is 0. The average Bonchev–Trinajstić information content (AvgIpc) is 2.56. The van der Waals surface area contributed by atoms with E-state index in [1.807, 2.05) is 37.3 Å². The number of rotatable bonds is 6. The zero-order valence-corrected chi connectivity index (χ0v) is 14.5. The van der Waals surface area contributed by atoms with Gasteiger partial charge in [0.05, 0.1) is 22.4 Å². The van der Waals surface area contributed by atoms with Gasteiger partial charge in [-0.2, -0.15) is 0 Å². The summed E-state index contributed by atoms with van der Waals surface area (Å²) in [6, 6.07) is 14.1. The van der Waals surface area contributed by atoms with Crippen LogP contribution in [0.5, 0.6) is 0 Å². The molecule has 4 nitrogen and oxygen atoms in total. The smallest absolute Gasteiger partial charge is 0.304 e. The van der Waals surface area contributed by atoms with E-state index in [1.165, 1.54) is 6.07 Å². The van der Waals surface area contributed by atoms with Crippen molar-refractivity contribution in [2.45, 2.75) is 19.3 Å². The van der Waals surface area contributed by atoms with Crippen LogP contribution in [0.25, 0.3) is 0 Å². The van der Waals surface area contributed by atoms with Crippen molar-refractivity contribution in [1.29, 1.82) is 0 Å². The van der Waals surface area contributed by atoms with Crippen LogP contribution in [-0.2, 0) is 9.59 Å². The van der Waals surface area contributed by atoms with Gasteiger partial charge in [-0.3, -0.25) is 9.59 Å². The Balaban J connectivity index is 2.21. The van der Waals surface area contributed by atoms with Gasteiger partial charge in [-0.15, -0.1) is 0 Å². The Morgan fingerprint density at radius 2 is 1.75 bits per heavy atom. The molecular weight excluding hydrogens is 349 g/mol. The molecule has 2 rings (SSSR count). The molecule has 0 aliphatic rings. The molecule has 0 aliphatic carbocycles. The maximum absolute atomic E-state index is 12.6. The first-order valence-corrected chi connectivity index (χ1v) is 8.16.